The summed E-state index contributed by atoms with van der Waals surface area (Å²) < 4.78 is 1.65. The molecular formula is C10H8N4S. The lowest BCUT2D eigenvalue weighted by atomic mass is 10.2. The summed E-state index contributed by atoms with van der Waals surface area (Å²) in [7, 11) is 0. The van der Waals surface area contributed by atoms with Gasteiger partial charge in [-0.1, -0.05) is 0 Å². The molecule has 0 unspecified atom stereocenters. The Kier molecular flexibility index (Phi) is 1.72. The Bertz CT molecular complexity index is 597. The normalized spacial score (nSPS) is 10.9. The maximum Gasteiger partial charge on any atom is 0.157 e. The van der Waals surface area contributed by atoms with Crippen LogP contribution in [0.1, 0.15) is 0 Å². The van der Waals surface area contributed by atoms with Gasteiger partial charge in [0.25, 0.3) is 0 Å². The number of hydrogen-bond donors (Lipinski definition) is 1. The molecule has 4 nitrogen and oxygen atoms in total. The standard InChI is InChI=1S/C10H8N4S/c11-10-8(7-2-4-15-6-7)5-12-9-1-3-13-14(9)10/h1-6H,11H2. The number of aromatic nitrogens is 3. The first kappa shape index (κ1) is 8.43. The van der Waals surface area contributed by atoms with E-state index in [2.05, 4.69) is 10.1 Å². The average molecular weight is 216 g/mol. The van der Waals surface area contributed by atoms with Gasteiger partial charge in [0.2, 0.25) is 0 Å². The molecule has 0 saturated carbocycles. The number of nitrogen functional groups attached to an aromatic ring is 1. The molecule has 5 heteroatoms. The number of thiophene rings is 1. The van der Waals surface area contributed by atoms with Gasteiger partial charge in [-0.25, -0.2) is 4.98 Å². The summed E-state index contributed by atoms with van der Waals surface area (Å²) in [6.07, 6.45) is 3.48. The lowest BCUT2D eigenvalue weighted by Gasteiger charge is -2.04. The number of nitrogens with two attached hydrogens (primary N) is 1. The van der Waals surface area contributed by atoms with Gasteiger partial charge in [-0.15, -0.1) is 0 Å². The summed E-state index contributed by atoms with van der Waals surface area (Å²) in [4.78, 5) is 4.28. The van der Waals surface area contributed by atoms with E-state index in [1.165, 1.54) is 0 Å². The lowest BCUT2D eigenvalue weighted by Crippen LogP contribution is -2.01. The highest BCUT2D eigenvalue weighted by molar-refractivity contribution is 7.08. The van der Waals surface area contributed by atoms with Crippen LogP contribution in [-0.4, -0.2) is 14.6 Å². The van der Waals surface area contributed by atoms with Crippen molar-refractivity contribution >= 4 is 22.8 Å². The number of rotatable bonds is 1. The molecule has 0 aliphatic carbocycles. The molecule has 0 amide bonds. The van der Waals surface area contributed by atoms with Crippen molar-refractivity contribution in [1.29, 1.82) is 0 Å². The van der Waals surface area contributed by atoms with Crippen molar-refractivity contribution in [3.63, 3.8) is 0 Å². The molecule has 3 aromatic rings. The van der Waals surface area contributed by atoms with Gasteiger partial charge in [0, 0.05) is 17.8 Å². The largest absolute Gasteiger partial charge is 0.383 e. The molecule has 0 bridgehead atoms. The van der Waals surface area contributed by atoms with Crippen molar-refractivity contribution in [2.75, 3.05) is 5.73 Å². The molecular weight excluding hydrogens is 208 g/mol. The third-order valence-electron chi connectivity index (χ3n) is 2.28. The predicted octanol–water partition coefficient (Wildman–Crippen LogP) is 2.04. The van der Waals surface area contributed by atoms with Crippen molar-refractivity contribution in [2.24, 2.45) is 0 Å². The van der Waals surface area contributed by atoms with E-state index in [0.29, 0.717) is 5.82 Å². The lowest BCUT2D eigenvalue weighted by molar-refractivity contribution is 0.954. The number of nitrogens with zero attached hydrogens (tertiary/aromatic N) is 3. The van der Waals surface area contributed by atoms with Gasteiger partial charge in [-0.05, 0) is 22.4 Å². The van der Waals surface area contributed by atoms with Crippen LogP contribution in [0.2, 0.25) is 0 Å². The summed E-state index contributed by atoms with van der Waals surface area (Å²) >= 11 is 1.64. The first-order valence-corrected chi connectivity index (χ1v) is 5.41. The van der Waals surface area contributed by atoms with Crippen molar-refractivity contribution in [3.05, 3.63) is 35.3 Å². The highest BCUT2D eigenvalue weighted by Crippen LogP contribution is 2.26. The van der Waals surface area contributed by atoms with Crippen molar-refractivity contribution in [2.45, 2.75) is 0 Å². The Morgan fingerprint density at radius 1 is 1.33 bits per heavy atom. The van der Waals surface area contributed by atoms with Gasteiger partial charge < -0.3 is 5.73 Å². The van der Waals surface area contributed by atoms with Crippen molar-refractivity contribution in [3.8, 4) is 11.1 Å². The monoisotopic (exact) mass is 216 g/mol. The van der Waals surface area contributed by atoms with Gasteiger partial charge in [-0.2, -0.15) is 21.0 Å². The third kappa shape index (κ3) is 1.20. The highest BCUT2D eigenvalue weighted by atomic mass is 32.1. The second kappa shape index (κ2) is 3.06. The molecule has 3 heterocycles. The SMILES string of the molecule is Nc1c(-c2ccsc2)cnc2ccnn12. The Labute approximate surface area is 90.0 Å². The molecule has 74 valence electrons. The van der Waals surface area contributed by atoms with Gasteiger partial charge >= 0.3 is 0 Å². The number of fused-ring (bicyclic) bond motifs is 1. The van der Waals surface area contributed by atoms with Crippen LogP contribution < -0.4 is 5.73 Å². The van der Waals surface area contributed by atoms with E-state index in [1.54, 1.807) is 28.2 Å². The fourth-order valence-corrected chi connectivity index (χ4v) is 2.19. The zero-order chi connectivity index (χ0) is 10.3. The van der Waals surface area contributed by atoms with Crippen LogP contribution in [0.25, 0.3) is 16.8 Å². The van der Waals surface area contributed by atoms with Crippen molar-refractivity contribution < 1.29 is 0 Å². The van der Waals surface area contributed by atoms with Crippen LogP contribution in [0.5, 0.6) is 0 Å². The van der Waals surface area contributed by atoms with Gasteiger partial charge in [0.15, 0.2) is 5.65 Å². The molecule has 0 aromatic carbocycles. The molecule has 3 aromatic heterocycles. The zero-order valence-electron chi connectivity index (χ0n) is 7.79. The Morgan fingerprint density at radius 3 is 3.07 bits per heavy atom. The molecule has 0 fully saturated rings. The third-order valence-corrected chi connectivity index (χ3v) is 2.97. The van der Waals surface area contributed by atoms with E-state index < -0.39 is 0 Å². The minimum Gasteiger partial charge on any atom is -0.383 e. The first-order chi connectivity index (χ1) is 7.36. The van der Waals surface area contributed by atoms with Crippen LogP contribution in [0.15, 0.2) is 35.3 Å². The maximum absolute atomic E-state index is 6.02. The van der Waals surface area contributed by atoms with E-state index in [4.69, 9.17) is 5.73 Å². The molecule has 0 spiro atoms. The summed E-state index contributed by atoms with van der Waals surface area (Å²) in [6.45, 7) is 0. The Hall–Kier alpha value is -1.88. The van der Waals surface area contributed by atoms with Gasteiger partial charge in [0.05, 0.1) is 6.20 Å². The Balaban J connectivity index is 2.32. The second-order valence-corrected chi connectivity index (χ2v) is 3.95. The maximum atomic E-state index is 6.02. The van der Waals surface area contributed by atoms with E-state index in [1.807, 2.05) is 22.9 Å². The van der Waals surface area contributed by atoms with Crippen LogP contribution in [-0.2, 0) is 0 Å². The summed E-state index contributed by atoms with van der Waals surface area (Å²) in [5.41, 5.74) is 8.80. The topological polar surface area (TPSA) is 56.2 Å². The average Bonchev–Trinajstić information content (AvgIpc) is 2.87. The predicted molar refractivity (Wildman–Crippen MR) is 60.7 cm³/mol. The van der Waals surface area contributed by atoms with Crippen LogP contribution in [0.3, 0.4) is 0 Å². The fourth-order valence-electron chi connectivity index (χ4n) is 1.53. The molecule has 0 aliphatic heterocycles. The highest BCUT2D eigenvalue weighted by Gasteiger charge is 2.07. The molecule has 0 radical (unpaired) electrons. The molecule has 2 N–H and O–H groups in total. The van der Waals surface area contributed by atoms with E-state index >= 15 is 0 Å². The molecule has 0 atom stereocenters. The van der Waals surface area contributed by atoms with Crippen LogP contribution >= 0.6 is 11.3 Å². The van der Waals surface area contributed by atoms with E-state index in [-0.39, 0.29) is 0 Å². The quantitative estimate of drug-likeness (QED) is 0.677. The zero-order valence-corrected chi connectivity index (χ0v) is 8.61. The first-order valence-electron chi connectivity index (χ1n) is 4.47. The second-order valence-electron chi connectivity index (χ2n) is 3.17. The molecule has 0 saturated heterocycles. The number of anilines is 1. The summed E-state index contributed by atoms with van der Waals surface area (Å²) in [6, 6.07) is 3.85. The number of hydrogen-bond acceptors (Lipinski definition) is 4. The molecule has 0 aliphatic rings. The van der Waals surface area contributed by atoms with E-state index in [0.717, 1.165) is 16.8 Å². The molecule has 15 heavy (non-hydrogen) atoms. The minimum atomic E-state index is 0.628. The van der Waals surface area contributed by atoms with Crippen molar-refractivity contribution in [1.82, 2.24) is 14.6 Å². The fraction of sp³-hybridized carbons (Fsp3) is 0. The molecule has 3 rings (SSSR count). The Morgan fingerprint density at radius 2 is 2.27 bits per heavy atom. The van der Waals surface area contributed by atoms with Gasteiger partial charge in [0.1, 0.15) is 5.82 Å². The van der Waals surface area contributed by atoms with E-state index in [9.17, 15) is 0 Å². The van der Waals surface area contributed by atoms with Crippen LogP contribution in [0, 0.1) is 0 Å². The minimum absolute atomic E-state index is 0.628. The van der Waals surface area contributed by atoms with Crippen LogP contribution in [0.4, 0.5) is 5.82 Å². The van der Waals surface area contributed by atoms with Gasteiger partial charge in [-0.3, -0.25) is 0 Å². The summed E-state index contributed by atoms with van der Waals surface area (Å²) in [5.74, 6) is 0.628. The smallest absolute Gasteiger partial charge is 0.157 e. The summed E-state index contributed by atoms with van der Waals surface area (Å²) in [5, 5.41) is 8.18.